The molecule has 0 unspecified atom stereocenters. The Balaban J connectivity index is 1.96. The SMILES string of the molecule is CCC[C@]1([C@H](O[Si](C(C)C)(C(C)C)C(C)C)[C@H](C=O)OCc2ccccc2)O[C@H](COCc2ccccc2)CC1=O. The van der Waals surface area contributed by atoms with Gasteiger partial charge in [-0.2, -0.15) is 0 Å². The van der Waals surface area contributed by atoms with E-state index >= 15 is 0 Å². The molecule has 0 radical (unpaired) electrons. The monoisotopic (exact) mass is 582 g/mol. The van der Waals surface area contributed by atoms with Crippen molar-refractivity contribution in [1.82, 2.24) is 0 Å². The van der Waals surface area contributed by atoms with Crippen molar-refractivity contribution in [2.45, 2.75) is 121 Å². The van der Waals surface area contributed by atoms with E-state index in [1.807, 2.05) is 67.6 Å². The summed E-state index contributed by atoms with van der Waals surface area (Å²) in [5, 5.41) is 0. The van der Waals surface area contributed by atoms with Crippen molar-refractivity contribution in [1.29, 1.82) is 0 Å². The van der Waals surface area contributed by atoms with Gasteiger partial charge in [0.2, 0.25) is 8.32 Å². The summed E-state index contributed by atoms with van der Waals surface area (Å²) in [6.45, 7) is 16.2. The Morgan fingerprint density at radius 2 is 1.44 bits per heavy atom. The fourth-order valence-corrected chi connectivity index (χ4v) is 12.3. The summed E-state index contributed by atoms with van der Waals surface area (Å²) in [6.07, 6.45) is -0.0544. The zero-order chi connectivity index (χ0) is 30.0. The first kappa shape index (κ1) is 33.3. The molecule has 0 spiro atoms. The Bertz CT molecular complexity index is 1050. The van der Waals surface area contributed by atoms with Crippen LogP contribution in [0.15, 0.2) is 60.7 Å². The van der Waals surface area contributed by atoms with Crippen molar-refractivity contribution in [2.24, 2.45) is 0 Å². The van der Waals surface area contributed by atoms with Gasteiger partial charge in [0.25, 0.3) is 0 Å². The van der Waals surface area contributed by atoms with Crippen LogP contribution in [0.2, 0.25) is 16.6 Å². The first-order chi connectivity index (χ1) is 19.6. The largest absolute Gasteiger partial charge is 0.407 e. The van der Waals surface area contributed by atoms with Gasteiger partial charge in [0.15, 0.2) is 17.7 Å². The molecular formula is C34H50O6Si. The number of ketones is 1. The van der Waals surface area contributed by atoms with Gasteiger partial charge in [-0.15, -0.1) is 0 Å². The molecule has 2 aromatic rings. The molecule has 0 N–H and O–H groups in total. The van der Waals surface area contributed by atoms with Crippen molar-refractivity contribution in [3.63, 3.8) is 0 Å². The lowest BCUT2D eigenvalue weighted by Crippen LogP contribution is -2.62. The van der Waals surface area contributed by atoms with Gasteiger partial charge in [0, 0.05) is 6.42 Å². The van der Waals surface area contributed by atoms with E-state index in [2.05, 4.69) is 41.5 Å². The van der Waals surface area contributed by atoms with E-state index < -0.39 is 32.2 Å². The zero-order valence-electron chi connectivity index (χ0n) is 26.0. The minimum absolute atomic E-state index is 0.0352. The lowest BCUT2D eigenvalue weighted by atomic mass is 9.84. The fraction of sp³-hybridized carbons (Fsp3) is 0.588. The van der Waals surface area contributed by atoms with Crippen LogP contribution in [0.5, 0.6) is 0 Å². The maximum atomic E-state index is 14.0. The van der Waals surface area contributed by atoms with Gasteiger partial charge in [-0.3, -0.25) is 4.79 Å². The number of rotatable bonds is 17. The van der Waals surface area contributed by atoms with Crippen molar-refractivity contribution < 1.29 is 28.2 Å². The highest BCUT2D eigenvalue weighted by Gasteiger charge is 2.59. The highest BCUT2D eigenvalue weighted by atomic mass is 28.4. The summed E-state index contributed by atoms with van der Waals surface area (Å²) >= 11 is 0. The van der Waals surface area contributed by atoms with Crippen LogP contribution in [-0.2, 0) is 41.4 Å². The number of hydrogen-bond acceptors (Lipinski definition) is 6. The smallest absolute Gasteiger partial charge is 0.201 e. The van der Waals surface area contributed by atoms with Crippen molar-refractivity contribution in [3.05, 3.63) is 71.8 Å². The van der Waals surface area contributed by atoms with Crippen LogP contribution in [0.3, 0.4) is 0 Å². The number of benzene rings is 2. The van der Waals surface area contributed by atoms with Crippen molar-refractivity contribution in [3.8, 4) is 0 Å². The Labute approximate surface area is 248 Å². The molecule has 3 rings (SSSR count). The lowest BCUT2D eigenvalue weighted by molar-refractivity contribution is -0.178. The number of carbonyl (C=O) groups excluding carboxylic acids is 2. The standard InChI is InChI=1S/C34H50O6Si/c1-8-19-34(32(36)20-30(39-34)24-37-22-28-15-11-9-12-16-28)33(40-41(25(2)3,26(4)5)27(6)7)31(21-35)38-23-29-17-13-10-14-18-29/h9-18,21,25-27,30-31,33H,8,19-20,22-24H2,1-7H3/t30-,31-,33+,34-/m0/s1. The minimum atomic E-state index is -2.55. The molecule has 0 bridgehead atoms. The molecule has 226 valence electrons. The summed E-state index contributed by atoms with van der Waals surface area (Å²) in [7, 11) is -2.55. The molecule has 6 nitrogen and oxygen atoms in total. The molecule has 0 saturated carbocycles. The molecule has 1 aliphatic heterocycles. The van der Waals surface area contributed by atoms with Crippen LogP contribution < -0.4 is 0 Å². The fourth-order valence-electron chi connectivity index (χ4n) is 6.72. The summed E-state index contributed by atoms with van der Waals surface area (Å²) in [5.41, 5.74) is 1.50. The van der Waals surface area contributed by atoms with E-state index in [0.29, 0.717) is 19.4 Å². The van der Waals surface area contributed by atoms with E-state index in [-0.39, 0.29) is 42.0 Å². The third kappa shape index (κ3) is 7.82. The molecule has 2 aromatic carbocycles. The Morgan fingerprint density at radius 3 is 1.93 bits per heavy atom. The summed E-state index contributed by atoms with van der Waals surface area (Å²) in [4.78, 5) is 26.8. The first-order valence-corrected chi connectivity index (χ1v) is 17.4. The van der Waals surface area contributed by atoms with Gasteiger partial charge < -0.3 is 23.4 Å². The van der Waals surface area contributed by atoms with Crippen LogP contribution in [-0.4, -0.2) is 50.9 Å². The van der Waals surface area contributed by atoms with Gasteiger partial charge in [-0.25, -0.2) is 0 Å². The summed E-state index contributed by atoms with van der Waals surface area (Å²) in [5.74, 6) is -0.0352. The maximum absolute atomic E-state index is 14.0. The minimum Gasteiger partial charge on any atom is -0.407 e. The van der Waals surface area contributed by atoms with Gasteiger partial charge >= 0.3 is 0 Å². The number of ether oxygens (including phenoxy) is 3. The highest BCUT2D eigenvalue weighted by molar-refractivity contribution is 6.77. The van der Waals surface area contributed by atoms with E-state index in [1.165, 1.54) is 0 Å². The second-order valence-electron chi connectivity index (χ2n) is 12.3. The lowest BCUT2D eigenvalue weighted by Gasteiger charge is -2.49. The molecule has 0 aromatic heterocycles. The molecule has 0 aliphatic carbocycles. The number of hydrogen-bond donors (Lipinski definition) is 0. The van der Waals surface area contributed by atoms with Crippen LogP contribution >= 0.6 is 0 Å². The highest BCUT2D eigenvalue weighted by Crippen LogP contribution is 2.47. The van der Waals surface area contributed by atoms with Crippen LogP contribution in [0.1, 0.15) is 78.9 Å². The molecule has 1 fully saturated rings. The van der Waals surface area contributed by atoms with E-state index in [4.69, 9.17) is 18.6 Å². The zero-order valence-corrected chi connectivity index (χ0v) is 27.0. The second kappa shape index (κ2) is 15.3. The van der Waals surface area contributed by atoms with Crippen LogP contribution in [0, 0.1) is 0 Å². The molecule has 1 saturated heterocycles. The van der Waals surface area contributed by atoms with Crippen molar-refractivity contribution in [2.75, 3.05) is 6.61 Å². The number of Topliss-reactive ketones (excluding diaryl/α,β-unsaturated/α-hetero) is 1. The van der Waals surface area contributed by atoms with Crippen molar-refractivity contribution >= 4 is 20.4 Å². The van der Waals surface area contributed by atoms with Crippen LogP contribution in [0.25, 0.3) is 0 Å². The molecule has 4 atom stereocenters. The molecule has 0 amide bonds. The average molecular weight is 583 g/mol. The molecule has 1 heterocycles. The average Bonchev–Trinajstić information content (AvgIpc) is 3.26. The maximum Gasteiger partial charge on any atom is 0.201 e. The molecular weight excluding hydrogens is 532 g/mol. The number of carbonyl (C=O) groups is 2. The van der Waals surface area contributed by atoms with Crippen LogP contribution in [0.4, 0.5) is 0 Å². The third-order valence-electron chi connectivity index (χ3n) is 8.51. The topological polar surface area (TPSA) is 71.1 Å². The number of aldehydes is 1. The van der Waals surface area contributed by atoms with Gasteiger partial charge in [-0.1, -0.05) is 116 Å². The predicted molar refractivity (Wildman–Crippen MR) is 165 cm³/mol. The van der Waals surface area contributed by atoms with Gasteiger partial charge in [-0.05, 0) is 34.2 Å². The third-order valence-corrected chi connectivity index (χ3v) is 14.6. The molecule has 1 aliphatic rings. The molecule has 7 heteroatoms. The van der Waals surface area contributed by atoms with E-state index in [0.717, 1.165) is 17.4 Å². The van der Waals surface area contributed by atoms with Gasteiger partial charge in [0.05, 0.1) is 25.9 Å². The second-order valence-corrected chi connectivity index (χ2v) is 17.7. The Kier molecular flexibility index (Phi) is 12.5. The predicted octanol–water partition coefficient (Wildman–Crippen LogP) is 7.45. The quantitative estimate of drug-likeness (QED) is 0.143. The normalized spacial score (nSPS) is 21.1. The van der Waals surface area contributed by atoms with E-state index in [9.17, 15) is 9.59 Å². The summed E-state index contributed by atoms with van der Waals surface area (Å²) in [6, 6.07) is 19.7. The Morgan fingerprint density at radius 1 is 0.902 bits per heavy atom. The van der Waals surface area contributed by atoms with E-state index in [1.54, 1.807) is 0 Å². The van der Waals surface area contributed by atoms with Gasteiger partial charge in [0.1, 0.15) is 12.2 Å². The molecule has 41 heavy (non-hydrogen) atoms. The first-order valence-electron chi connectivity index (χ1n) is 15.2. The Hall–Kier alpha value is -2.16. The summed E-state index contributed by atoms with van der Waals surface area (Å²) < 4.78 is 26.3.